The molecule has 0 radical (unpaired) electrons. The maximum atomic E-state index is 12.4. The van der Waals surface area contributed by atoms with Crippen LogP contribution >= 0.6 is 0 Å². The maximum absolute atomic E-state index is 12.4. The molecule has 0 amide bonds. The molecule has 0 saturated carbocycles. The molecule has 21 heavy (non-hydrogen) atoms. The number of para-hydroxylation sites is 1. The maximum Gasteiger partial charge on any atom is 0.167 e. The van der Waals surface area contributed by atoms with Crippen molar-refractivity contribution in [3.63, 3.8) is 0 Å². The normalized spacial score (nSPS) is 10.5. The summed E-state index contributed by atoms with van der Waals surface area (Å²) in [5.74, 6) is 0.803. The number of Topliss-reactive ketones (excluding diaryl/α,β-unsaturated/α-hetero) is 1. The Labute approximate surface area is 123 Å². The summed E-state index contributed by atoms with van der Waals surface area (Å²) in [6, 6.07) is 17.1. The van der Waals surface area contributed by atoms with Gasteiger partial charge in [0.2, 0.25) is 0 Å². The van der Waals surface area contributed by atoms with Crippen LogP contribution in [-0.2, 0) is 6.42 Å². The van der Waals surface area contributed by atoms with Crippen molar-refractivity contribution in [2.24, 2.45) is 0 Å². The van der Waals surface area contributed by atoms with Gasteiger partial charge in [0, 0.05) is 29.1 Å². The number of hydrogen-bond acceptors (Lipinski definition) is 3. The van der Waals surface area contributed by atoms with E-state index in [4.69, 9.17) is 4.74 Å². The number of aromatic nitrogens is 1. The van der Waals surface area contributed by atoms with Gasteiger partial charge in [-0.15, -0.1) is 0 Å². The zero-order valence-corrected chi connectivity index (χ0v) is 11.7. The third-order valence-electron chi connectivity index (χ3n) is 3.47. The number of ether oxygens (including phenoxy) is 1. The quantitative estimate of drug-likeness (QED) is 0.683. The molecule has 2 aromatic carbocycles. The van der Waals surface area contributed by atoms with Gasteiger partial charge in [0.15, 0.2) is 5.78 Å². The summed E-state index contributed by atoms with van der Waals surface area (Å²) in [5.41, 5.74) is 2.40. The van der Waals surface area contributed by atoms with Crippen molar-refractivity contribution in [2.45, 2.75) is 6.42 Å². The Balaban J connectivity index is 1.90. The lowest BCUT2D eigenvalue weighted by Crippen LogP contribution is -2.05. The number of fused-ring (bicyclic) bond motifs is 1. The molecule has 0 aliphatic heterocycles. The molecule has 0 unspecified atom stereocenters. The third-order valence-corrected chi connectivity index (χ3v) is 3.47. The van der Waals surface area contributed by atoms with Gasteiger partial charge in [-0.1, -0.05) is 36.4 Å². The minimum atomic E-state index is 0.0621. The molecule has 3 nitrogen and oxygen atoms in total. The predicted octanol–water partition coefficient (Wildman–Crippen LogP) is 3.67. The van der Waals surface area contributed by atoms with Gasteiger partial charge in [0.05, 0.1) is 12.6 Å². The Morgan fingerprint density at radius 1 is 1.10 bits per heavy atom. The van der Waals surface area contributed by atoms with Gasteiger partial charge in [0.25, 0.3) is 0 Å². The van der Waals surface area contributed by atoms with Crippen molar-refractivity contribution >= 4 is 16.7 Å². The molecule has 0 bridgehead atoms. The standard InChI is InChI=1S/C18H15NO2/c1-21-18-7-3-2-5-15(18)12-17(20)14-9-8-13-6-4-10-19-16(13)11-14/h2-11H,12H2,1H3. The SMILES string of the molecule is COc1ccccc1CC(=O)c1ccc2cccnc2c1. The summed E-state index contributed by atoms with van der Waals surface area (Å²) < 4.78 is 5.29. The lowest BCUT2D eigenvalue weighted by Gasteiger charge is -2.08. The van der Waals surface area contributed by atoms with Gasteiger partial charge in [-0.05, 0) is 18.2 Å². The number of methoxy groups -OCH3 is 1. The fourth-order valence-corrected chi connectivity index (χ4v) is 2.36. The second-order valence-corrected chi connectivity index (χ2v) is 4.82. The summed E-state index contributed by atoms with van der Waals surface area (Å²) in [6.45, 7) is 0. The number of ketones is 1. The van der Waals surface area contributed by atoms with Crippen molar-refractivity contribution < 1.29 is 9.53 Å². The van der Waals surface area contributed by atoms with Crippen molar-refractivity contribution in [3.05, 3.63) is 71.9 Å². The highest BCUT2D eigenvalue weighted by atomic mass is 16.5. The van der Waals surface area contributed by atoms with Crippen LogP contribution in [0.5, 0.6) is 5.75 Å². The molecule has 0 aliphatic rings. The Morgan fingerprint density at radius 3 is 2.81 bits per heavy atom. The topological polar surface area (TPSA) is 39.2 Å². The van der Waals surface area contributed by atoms with Gasteiger partial charge in [-0.3, -0.25) is 9.78 Å². The highest BCUT2D eigenvalue weighted by Gasteiger charge is 2.11. The van der Waals surface area contributed by atoms with Crippen LogP contribution in [0.25, 0.3) is 10.9 Å². The van der Waals surface area contributed by atoms with Crippen LogP contribution in [0, 0.1) is 0 Å². The van der Waals surface area contributed by atoms with E-state index in [1.54, 1.807) is 13.3 Å². The van der Waals surface area contributed by atoms with Gasteiger partial charge in [-0.25, -0.2) is 0 Å². The molecule has 1 aromatic heterocycles. The summed E-state index contributed by atoms with van der Waals surface area (Å²) in [7, 11) is 1.61. The number of hydrogen-bond donors (Lipinski definition) is 0. The largest absolute Gasteiger partial charge is 0.496 e. The van der Waals surface area contributed by atoms with Gasteiger partial charge < -0.3 is 4.74 Å². The van der Waals surface area contributed by atoms with Crippen molar-refractivity contribution in [2.75, 3.05) is 7.11 Å². The summed E-state index contributed by atoms with van der Waals surface area (Å²) in [5, 5.41) is 1.03. The third kappa shape index (κ3) is 2.77. The van der Waals surface area contributed by atoms with Crippen LogP contribution in [0.1, 0.15) is 15.9 Å². The first kappa shape index (κ1) is 13.3. The van der Waals surface area contributed by atoms with Gasteiger partial charge >= 0.3 is 0 Å². The number of benzene rings is 2. The molecule has 3 aromatic rings. The summed E-state index contributed by atoms with van der Waals surface area (Å²) >= 11 is 0. The highest BCUT2D eigenvalue weighted by molar-refractivity contribution is 6.00. The molecule has 1 heterocycles. The number of nitrogens with zero attached hydrogens (tertiary/aromatic N) is 1. The molecule has 0 spiro atoms. The molecule has 0 saturated heterocycles. The average molecular weight is 277 g/mol. The summed E-state index contributed by atoms with van der Waals surface area (Å²) in [6.07, 6.45) is 2.05. The van der Waals surface area contributed by atoms with E-state index in [1.807, 2.05) is 54.6 Å². The molecule has 0 atom stereocenters. The van der Waals surface area contributed by atoms with Crippen LogP contribution in [0.3, 0.4) is 0 Å². The number of carbonyl (C=O) groups excluding carboxylic acids is 1. The first-order valence-corrected chi connectivity index (χ1v) is 6.78. The Bertz CT molecular complexity index is 796. The zero-order chi connectivity index (χ0) is 14.7. The Kier molecular flexibility index (Phi) is 3.65. The van der Waals surface area contributed by atoms with E-state index in [0.717, 1.165) is 22.2 Å². The molecule has 0 aliphatic carbocycles. The molecular formula is C18H15NO2. The first-order valence-electron chi connectivity index (χ1n) is 6.78. The molecule has 0 fully saturated rings. The van der Waals surface area contributed by atoms with E-state index in [0.29, 0.717) is 12.0 Å². The second kappa shape index (κ2) is 5.75. The second-order valence-electron chi connectivity index (χ2n) is 4.82. The smallest absolute Gasteiger partial charge is 0.167 e. The van der Waals surface area contributed by atoms with E-state index >= 15 is 0 Å². The highest BCUT2D eigenvalue weighted by Crippen LogP contribution is 2.20. The fourth-order valence-electron chi connectivity index (χ4n) is 2.36. The first-order chi connectivity index (χ1) is 10.3. The molecule has 3 rings (SSSR count). The van der Waals surface area contributed by atoms with E-state index in [1.165, 1.54) is 0 Å². The average Bonchev–Trinajstić information content (AvgIpc) is 2.55. The van der Waals surface area contributed by atoms with E-state index < -0.39 is 0 Å². The van der Waals surface area contributed by atoms with E-state index in [-0.39, 0.29) is 5.78 Å². The van der Waals surface area contributed by atoms with Crippen molar-refractivity contribution in [1.82, 2.24) is 4.98 Å². The van der Waals surface area contributed by atoms with Crippen LogP contribution in [-0.4, -0.2) is 17.9 Å². The monoisotopic (exact) mass is 277 g/mol. The van der Waals surface area contributed by atoms with Crippen LogP contribution in [0.2, 0.25) is 0 Å². The zero-order valence-electron chi connectivity index (χ0n) is 11.7. The predicted molar refractivity (Wildman–Crippen MR) is 82.8 cm³/mol. The number of rotatable bonds is 4. The lowest BCUT2D eigenvalue weighted by atomic mass is 10.0. The number of carbonyl (C=O) groups is 1. The minimum absolute atomic E-state index is 0.0621. The van der Waals surface area contributed by atoms with Crippen LogP contribution < -0.4 is 4.74 Å². The van der Waals surface area contributed by atoms with Crippen LogP contribution in [0.4, 0.5) is 0 Å². The molecular weight excluding hydrogens is 262 g/mol. The number of pyridine rings is 1. The van der Waals surface area contributed by atoms with E-state index in [9.17, 15) is 4.79 Å². The fraction of sp³-hybridized carbons (Fsp3) is 0.111. The molecule has 3 heteroatoms. The van der Waals surface area contributed by atoms with E-state index in [2.05, 4.69) is 4.98 Å². The Hall–Kier alpha value is -2.68. The van der Waals surface area contributed by atoms with Crippen molar-refractivity contribution in [1.29, 1.82) is 0 Å². The van der Waals surface area contributed by atoms with Gasteiger partial charge in [0.1, 0.15) is 5.75 Å². The Morgan fingerprint density at radius 2 is 1.95 bits per heavy atom. The molecule has 0 N–H and O–H groups in total. The molecule has 104 valence electrons. The minimum Gasteiger partial charge on any atom is -0.496 e. The van der Waals surface area contributed by atoms with Crippen LogP contribution in [0.15, 0.2) is 60.8 Å². The summed E-state index contributed by atoms with van der Waals surface area (Å²) in [4.78, 5) is 16.7. The van der Waals surface area contributed by atoms with Gasteiger partial charge in [-0.2, -0.15) is 0 Å². The van der Waals surface area contributed by atoms with Crippen molar-refractivity contribution in [3.8, 4) is 5.75 Å². The lowest BCUT2D eigenvalue weighted by molar-refractivity contribution is 0.0992.